The molecule has 0 unspecified atom stereocenters. The van der Waals surface area contributed by atoms with E-state index in [0.717, 1.165) is 11.1 Å². The summed E-state index contributed by atoms with van der Waals surface area (Å²) >= 11 is 0. The molecule has 0 atom stereocenters. The van der Waals surface area contributed by atoms with Crippen molar-refractivity contribution < 1.29 is 8.42 Å². The molecule has 21 heavy (non-hydrogen) atoms. The molecular weight excluding hydrogens is 286 g/mol. The van der Waals surface area contributed by atoms with Gasteiger partial charge in [0.2, 0.25) is 0 Å². The molecule has 0 saturated carbocycles. The minimum Gasteiger partial charge on any atom is -0.384 e. The van der Waals surface area contributed by atoms with Crippen molar-refractivity contribution in [1.29, 1.82) is 0 Å². The zero-order valence-corrected chi connectivity index (χ0v) is 13.2. The van der Waals surface area contributed by atoms with E-state index in [1.54, 1.807) is 24.4 Å². The van der Waals surface area contributed by atoms with Crippen LogP contribution in [0, 0.1) is 13.8 Å². The number of aryl methyl sites for hydroxylation is 2. The Morgan fingerprint density at radius 2 is 1.81 bits per heavy atom. The van der Waals surface area contributed by atoms with Gasteiger partial charge in [-0.3, -0.25) is 9.71 Å². The van der Waals surface area contributed by atoms with Gasteiger partial charge in [-0.15, -0.1) is 0 Å². The average molecular weight is 305 g/mol. The van der Waals surface area contributed by atoms with Crippen molar-refractivity contribution in [2.75, 3.05) is 16.6 Å². The maximum absolute atomic E-state index is 12.5. The molecule has 0 bridgehead atoms. The van der Waals surface area contributed by atoms with Gasteiger partial charge in [-0.25, -0.2) is 8.42 Å². The maximum atomic E-state index is 12.5. The summed E-state index contributed by atoms with van der Waals surface area (Å²) in [7, 11) is -3.67. The van der Waals surface area contributed by atoms with Gasteiger partial charge >= 0.3 is 0 Å². The van der Waals surface area contributed by atoms with Crippen LogP contribution in [0.2, 0.25) is 0 Å². The second kappa shape index (κ2) is 6.13. The Labute approximate surface area is 125 Å². The van der Waals surface area contributed by atoms with E-state index >= 15 is 0 Å². The standard InChI is InChI=1S/C15H19N3O2S/c1-4-17-14-5-6-16-10-15(14)21(19,20)18-13-8-11(2)7-12(3)9-13/h5-10,18H,4H2,1-3H3,(H,16,17). The summed E-state index contributed by atoms with van der Waals surface area (Å²) in [5, 5.41) is 3.03. The van der Waals surface area contributed by atoms with Crippen LogP contribution < -0.4 is 10.0 Å². The monoisotopic (exact) mass is 305 g/mol. The van der Waals surface area contributed by atoms with Crippen LogP contribution in [0.5, 0.6) is 0 Å². The lowest BCUT2D eigenvalue weighted by atomic mass is 10.1. The molecule has 2 rings (SSSR count). The van der Waals surface area contributed by atoms with Crippen molar-refractivity contribution in [3.8, 4) is 0 Å². The smallest absolute Gasteiger partial charge is 0.265 e. The van der Waals surface area contributed by atoms with Crippen LogP contribution in [0.1, 0.15) is 18.1 Å². The Kier molecular flexibility index (Phi) is 4.47. The Hall–Kier alpha value is -2.08. The van der Waals surface area contributed by atoms with Crippen molar-refractivity contribution >= 4 is 21.4 Å². The Morgan fingerprint density at radius 3 is 2.43 bits per heavy atom. The van der Waals surface area contributed by atoms with Gasteiger partial charge in [-0.05, 0) is 50.1 Å². The normalized spacial score (nSPS) is 11.2. The molecule has 2 aromatic rings. The summed E-state index contributed by atoms with van der Waals surface area (Å²) in [6.07, 6.45) is 2.91. The van der Waals surface area contributed by atoms with Gasteiger partial charge in [0, 0.05) is 24.6 Å². The number of aromatic nitrogens is 1. The van der Waals surface area contributed by atoms with Gasteiger partial charge in [0.25, 0.3) is 10.0 Å². The molecule has 5 nitrogen and oxygen atoms in total. The first kappa shape index (κ1) is 15.3. The molecule has 0 fully saturated rings. The van der Waals surface area contributed by atoms with E-state index in [9.17, 15) is 8.42 Å². The molecule has 0 aliphatic rings. The largest absolute Gasteiger partial charge is 0.384 e. The fourth-order valence-corrected chi connectivity index (χ4v) is 3.34. The predicted octanol–water partition coefficient (Wildman–Crippen LogP) is 2.93. The summed E-state index contributed by atoms with van der Waals surface area (Å²) < 4.78 is 27.7. The second-order valence-electron chi connectivity index (χ2n) is 4.88. The highest BCUT2D eigenvalue weighted by molar-refractivity contribution is 7.92. The lowest BCUT2D eigenvalue weighted by Gasteiger charge is -2.13. The third-order valence-electron chi connectivity index (χ3n) is 2.92. The van der Waals surface area contributed by atoms with Crippen LogP contribution in [-0.4, -0.2) is 19.9 Å². The fourth-order valence-electron chi connectivity index (χ4n) is 2.17. The minimum atomic E-state index is -3.67. The van der Waals surface area contributed by atoms with E-state index in [4.69, 9.17) is 0 Å². The molecule has 1 heterocycles. The third-order valence-corrected chi connectivity index (χ3v) is 4.32. The number of anilines is 2. The van der Waals surface area contributed by atoms with E-state index in [0.29, 0.717) is 17.9 Å². The van der Waals surface area contributed by atoms with Gasteiger partial charge in [0.15, 0.2) is 0 Å². The number of pyridine rings is 1. The zero-order chi connectivity index (χ0) is 15.5. The molecule has 2 N–H and O–H groups in total. The minimum absolute atomic E-state index is 0.144. The second-order valence-corrected chi connectivity index (χ2v) is 6.53. The van der Waals surface area contributed by atoms with Crippen molar-refractivity contribution in [1.82, 2.24) is 4.98 Å². The molecule has 1 aromatic carbocycles. The van der Waals surface area contributed by atoms with E-state index in [1.807, 2.05) is 26.8 Å². The Balaban J connectivity index is 2.38. The first-order valence-electron chi connectivity index (χ1n) is 6.71. The molecule has 0 aliphatic heterocycles. The summed E-state index contributed by atoms with van der Waals surface area (Å²) in [4.78, 5) is 4.06. The van der Waals surface area contributed by atoms with Gasteiger partial charge in [0.05, 0.1) is 5.69 Å². The van der Waals surface area contributed by atoms with E-state index in [1.165, 1.54) is 6.20 Å². The number of benzene rings is 1. The Morgan fingerprint density at radius 1 is 1.14 bits per heavy atom. The van der Waals surface area contributed by atoms with Crippen LogP contribution >= 0.6 is 0 Å². The van der Waals surface area contributed by atoms with Crippen molar-refractivity contribution in [3.05, 3.63) is 47.8 Å². The first-order chi connectivity index (χ1) is 9.92. The molecule has 112 valence electrons. The number of hydrogen-bond acceptors (Lipinski definition) is 4. The number of nitrogens with zero attached hydrogens (tertiary/aromatic N) is 1. The number of sulfonamides is 1. The number of nitrogens with one attached hydrogen (secondary N) is 2. The SMILES string of the molecule is CCNc1ccncc1S(=O)(=O)Nc1cc(C)cc(C)c1. The van der Waals surface area contributed by atoms with Crippen molar-refractivity contribution in [2.24, 2.45) is 0 Å². The topological polar surface area (TPSA) is 71.1 Å². The van der Waals surface area contributed by atoms with Crippen LogP contribution in [0.3, 0.4) is 0 Å². The fraction of sp³-hybridized carbons (Fsp3) is 0.267. The van der Waals surface area contributed by atoms with Crippen molar-refractivity contribution in [3.63, 3.8) is 0 Å². The predicted molar refractivity (Wildman–Crippen MR) is 85.1 cm³/mol. The molecule has 0 amide bonds. The van der Waals surface area contributed by atoms with E-state index in [-0.39, 0.29) is 4.90 Å². The highest BCUT2D eigenvalue weighted by Gasteiger charge is 2.19. The molecule has 0 saturated heterocycles. The third kappa shape index (κ3) is 3.72. The van der Waals surface area contributed by atoms with Crippen LogP contribution in [-0.2, 0) is 10.0 Å². The van der Waals surface area contributed by atoms with Crippen LogP contribution in [0.4, 0.5) is 11.4 Å². The number of rotatable bonds is 5. The molecule has 0 spiro atoms. The molecule has 0 aliphatic carbocycles. The summed E-state index contributed by atoms with van der Waals surface area (Å²) in [6, 6.07) is 7.24. The summed E-state index contributed by atoms with van der Waals surface area (Å²) in [5.74, 6) is 0. The van der Waals surface area contributed by atoms with Crippen molar-refractivity contribution in [2.45, 2.75) is 25.7 Å². The van der Waals surface area contributed by atoms with Gasteiger partial charge in [-0.1, -0.05) is 6.07 Å². The maximum Gasteiger partial charge on any atom is 0.265 e. The molecule has 1 aromatic heterocycles. The summed E-state index contributed by atoms with van der Waals surface area (Å²) in [6.45, 7) is 6.40. The first-order valence-corrected chi connectivity index (χ1v) is 8.19. The van der Waals surface area contributed by atoms with Crippen LogP contribution in [0.15, 0.2) is 41.6 Å². The molecule has 6 heteroatoms. The van der Waals surface area contributed by atoms with Gasteiger partial charge < -0.3 is 5.32 Å². The van der Waals surface area contributed by atoms with E-state index < -0.39 is 10.0 Å². The lowest BCUT2D eigenvalue weighted by molar-refractivity contribution is 0.601. The summed E-state index contributed by atoms with van der Waals surface area (Å²) in [5.41, 5.74) is 3.11. The van der Waals surface area contributed by atoms with E-state index in [2.05, 4.69) is 15.0 Å². The number of hydrogen-bond donors (Lipinski definition) is 2. The highest BCUT2D eigenvalue weighted by atomic mass is 32.2. The van der Waals surface area contributed by atoms with Gasteiger partial charge in [0.1, 0.15) is 4.90 Å². The zero-order valence-electron chi connectivity index (χ0n) is 12.3. The molecule has 0 radical (unpaired) electrons. The molecular formula is C15H19N3O2S. The van der Waals surface area contributed by atoms with Gasteiger partial charge in [-0.2, -0.15) is 0 Å². The lowest BCUT2D eigenvalue weighted by Crippen LogP contribution is -2.16. The Bertz CT molecular complexity index is 722. The van der Waals surface area contributed by atoms with Crippen LogP contribution in [0.25, 0.3) is 0 Å². The quantitative estimate of drug-likeness (QED) is 0.891. The average Bonchev–Trinajstić information content (AvgIpc) is 2.37. The highest BCUT2D eigenvalue weighted by Crippen LogP contribution is 2.23.